The van der Waals surface area contributed by atoms with Crippen LogP contribution in [0.5, 0.6) is 0 Å². The highest BCUT2D eigenvalue weighted by Gasteiger charge is 2.55. The van der Waals surface area contributed by atoms with Gasteiger partial charge in [-0.05, 0) is 48.8 Å². The van der Waals surface area contributed by atoms with Gasteiger partial charge in [0.2, 0.25) is 0 Å². The minimum Gasteiger partial charge on any atom is -0.389 e. The zero-order valence-corrected chi connectivity index (χ0v) is 15.6. The van der Waals surface area contributed by atoms with Crippen molar-refractivity contribution in [3.63, 3.8) is 0 Å². The fraction of sp³-hybridized carbons (Fsp3) is 0.714. The minimum absolute atomic E-state index is 0.476. The summed E-state index contributed by atoms with van der Waals surface area (Å²) in [5, 5.41) is 14.1. The molecule has 3 aliphatic rings. The number of halogens is 3. The van der Waals surface area contributed by atoms with Gasteiger partial charge in [0.1, 0.15) is 0 Å². The summed E-state index contributed by atoms with van der Waals surface area (Å²) in [5.74, 6) is 2.01. The highest BCUT2D eigenvalue weighted by molar-refractivity contribution is 5.25. The van der Waals surface area contributed by atoms with Gasteiger partial charge < -0.3 is 10.4 Å². The molecule has 2 N–H and O–H groups in total. The van der Waals surface area contributed by atoms with E-state index in [9.17, 15) is 18.3 Å². The predicted molar refractivity (Wildman–Crippen MR) is 98.1 cm³/mol. The Morgan fingerprint density at radius 2 is 1.81 bits per heavy atom. The minimum atomic E-state index is -4.28. The fourth-order valence-corrected chi connectivity index (χ4v) is 5.19. The number of alkyl halides is 3. The number of piperidine rings is 1. The molecule has 0 amide bonds. The summed E-state index contributed by atoms with van der Waals surface area (Å²) >= 11 is 0. The van der Waals surface area contributed by atoms with Crippen molar-refractivity contribution < 1.29 is 18.3 Å². The zero-order valence-electron chi connectivity index (χ0n) is 15.6. The molecule has 1 saturated heterocycles. The standard InChI is InChI=1S/C21H29F3N2O/c22-21(23,24)16-6-4-5-15(9-16)10-25-11-17-18-12-26(13-19(17)18)14-20(27)7-2-1-3-8-20/h4-6,9,17-19,25,27H,1-3,7-8,10-14H2. The number of aliphatic hydroxyl groups is 1. The van der Waals surface area contributed by atoms with E-state index >= 15 is 0 Å². The molecule has 1 aromatic rings. The number of β-amino-alcohol motifs (C(OH)–C–C–N with tert-alkyl or cyclic N) is 1. The van der Waals surface area contributed by atoms with E-state index in [-0.39, 0.29) is 0 Å². The van der Waals surface area contributed by atoms with Crippen LogP contribution in [0.15, 0.2) is 24.3 Å². The lowest BCUT2D eigenvalue weighted by Crippen LogP contribution is -2.44. The van der Waals surface area contributed by atoms with Crippen LogP contribution >= 0.6 is 0 Å². The molecule has 27 heavy (non-hydrogen) atoms. The maximum Gasteiger partial charge on any atom is 0.416 e. The lowest BCUT2D eigenvalue weighted by Gasteiger charge is -2.36. The summed E-state index contributed by atoms with van der Waals surface area (Å²) < 4.78 is 38.3. The van der Waals surface area contributed by atoms with Crippen LogP contribution in [0.2, 0.25) is 0 Å². The molecule has 4 rings (SSSR count). The molecule has 0 aromatic heterocycles. The number of hydrogen-bond acceptors (Lipinski definition) is 3. The fourth-order valence-electron chi connectivity index (χ4n) is 5.19. The molecule has 3 nitrogen and oxygen atoms in total. The van der Waals surface area contributed by atoms with Crippen LogP contribution in [0.4, 0.5) is 13.2 Å². The van der Waals surface area contributed by atoms with Crippen LogP contribution in [0, 0.1) is 17.8 Å². The SMILES string of the molecule is OC1(CN2CC3C(CNCc4cccc(C(F)(F)F)c4)C3C2)CCCCC1. The summed E-state index contributed by atoms with van der Waals surface area (Å²) in [5.41, 5.74) is -0.384. The van der Waals surface area contributed by atoms with Crippen molar-refractivity contribution in [2.45, 2.75) is 50.4 Å². The third-order valence-corrected chi connectivity index (χ3v) is 6.71. The Kier molecular flexibility index (Phi) is 5.25. The third-order valence-electron chi connectivity index (χ3n) is 6.71. The van der Waals surface area contributed by atoms with Gasteiger partial charge in [0.25, 0.3) is 0 Å². The average molecular weight is 382 g/mol. The molecule has 6 heteroatoms. The quantitative estimate of drug-likeness (QED) is 0.788. The Labute approximate surface area is 158 Å². The first-order valence-corrected chi connectivity index (χ1v) is 10.2. The van der Waals surface area contributed by atoms with Crippen molar-refractivity contribution in [2.75, 3.05) is 26.2 Å². The average Bonchev–Trinajstić information content (AvgIpc) is 3.07. The largest absolute Gasteiger partial charge is 0.416 e. The molecule has 3 fully saturated rings. The van der Waals surface area contributed by atoms with Crippen molar-refractivity contribution in [2.24, 2.45) is 17.8 Å². The Morgan fingerprint density at radius 3 is 2.48 bits per heavy atom. The maximum absolute atomic E-state index is 12.8. The van der Waals surface area contributed by atoms with Crippen molar-refractivity contribution in [1.82, 2.24) is 10.2 Å². The third kappa shape index (κ3) is 4.49. The first kappa shape index (κ1) is 19.2. The van der Waals surface area contributed by atoms with Crippen LogP contribution in [-0.4, -0.2) is 41.8 Å². The molecule has 0 radical (unpaired) electrons. The second-order valence-electron chi connectivity index (χ2n) is 8.80. The summed E-state index contributed by atoms with van der Waals surface area (Å²) in [6, 6.07) is 5.55. The van der Waals surface area contributed by atoms with E-state index in [1.807, 2.05) is 0 Å². The molecule has 1 aromatic carbocycles. The van der Waals surface area contributed by atoms with Crippen molar-refractivity contribution in [1.29, 1.82) is 0 Å². The van der Waals surface area contributed by atoms with Gasteiger partial charge in [-0.3, -0.25) is 4.90 Å². The van der Waals surface area contributed by atoms with Gasteiger partial charge in [0.05, 0.1) is 11.2 Å². The Bertz CT molecular complexity index is 645. The number of rotatable bonds is 6. The maximum atomic E-state index is 12.8. The van der Waals surface area contributed by atoms with Crippen LogP contribution in [-0.2, 0) is 12.7 Å². The van der Waals surface area contributed by atoms with Crippen molar-refractivity contribution in [3.8, 4) is 0 Å². The molecular formula is C21H29F3N2O. The monoisotopic (exact) mass is 382 g/mol. The zero-order chi connectivity index (χ0) is 19.1. The van der Waals surface area contributed by atoms with Gasteiger partial charge in [-0.2, -0.15) is 13.2 Å². The van der Waals surface area contributed by atoms with Gasteiger partial charge in [-0.25, -0.2) is 0 Å². The van der Waals surface area contributed by atoms with E-state index < -0.39 is 17.3 Å². The molecule has 0 bridgehead atoms. The highest BCUT2D eigenvalue weighted by atomic mass is 19.4. The smallest absolute Gasteiger partial charge is 0.389 e. The molecule has 2 unspecified atom stereocenters. The van der Waals surface area contributed by atoms with E-state index in [1.54, 1.807) is 6.07 Å². The van der Waals surface area contributed by atoms with Crippen molar-refractivity contribution >= 4 is 0 Å². The normalized spacial score (nSPS) is 30.3. The van der Waals surface area contributed by atoms with Gasteiger partial charge in [-0.15, -0.1) is 0 Å². The summed E-state index contributed by atoms with van der Waals surface area (Å²) in [6.45, 7) is 4.27. The van der Waals surface area contributed by atoms with Crippen LogP contribution < -0.4 is 5.32 Å². The van der Waals surface area contributed by atoms with Crippen molar-refractivity contribution in [3.05, 3.63) is 35.4 Å². The molecule has 1 aliphatic heterocycles. The second kappa shape index (κ2) is 7.37. The lowest BCUT2D eigenvalue weighted by molar-refractivity contribution is -0.137. The topological polar surface area (TPSA) is 35.5 Å². The van der Waals surface area contributed by atoms with Crippen LogP contribution in [0.3, 0.4) is 0 Å². The molecule has 0 spiro atoms. The Morgan fingerprint density at radius 1 is 1.11 bits per heavy atom. The van der Waals surface area contributed by atoms with E-state index in [2.05, 4.69) is 10.2 Å². The molecule has 2 saturated carbocycles. The van der Waals surface area contributed by atoms with Gasteiger partial charge in [-0.1, -0.05) is 37.5 Å². The molecule has 1 heterocycles. The summed E-state index contributed by atoms with van der Waals surface area (Å²) in [6.07, 6.45) is 1.10. The lowest BCUT2D eigenvalue weighted by atomic mass is 9.84. The first-order valence-electron chi connectivity index (χ1n) is 10.2. The van der Waals surface area contributed by atoms with E-state index in [0.717, 1.165) is 57.9 Å². The Balaban J connectivity index is 1.19. The van der Waals surface area contributed by atoms with Gasteiger partial charge in [0.15, 0.2) is 0 Å². The molecular weight excluding hydrogens is 353 g/mol. The predicted octanol–water partition coefficient (Wildman–Crippen LogP) is 3.67. The first-order chi connectivity index (χ1) is 12.8. The number of benzene rings is 1. The molecule has 2 aliphatic carbocycles. The number of fused-ring (bicyclic) bond motifs is 1. The number of hydrogen-bond donors (Lipinski definition) is 2. The number of nitrogens with zero attached hydrogens (tertiary/aromatic N) is 1. The van der Waals surface area contributed by atoms with Gasteiger partial charge >= 0.3 is 6.18 Å². The van der Waals surface area contributed by atoms with Crippen LogP contribution in [0.25, 0.3) is 0 Å². The van der Waals surface area contributed by atoms with E-state index in [4.69, 9.17) is 0 Å². The Hall–Kier alpha value is -1.11. The highest BCUT2D eigenvalue weighted by Crippen LogP contribution is 2.51. The van der Waals surface area contributed by atoms with E-state index in [1.165, 1.54) is 18.6 Å². The van der Waals surface area contributed by atoms with Crippen LogP contribution in [0.1, 0.15) is 43.2 Å². The molecule has 150 valence electrons. The molecule has 2 atom stereocenters. The number of likely N-dealkylation sites (tertiary alicyclic amines) is 1. The van der Waals surface area contributed by atoms with Gasteiger partial charge in [0, 0.05) is 26.2 Å². The second-order valence-corrected chi connectivity index (χ2v) is 8.80. The summed E-state index contributed by atoms with van der Waals surface area (Å²) in [4.78, 5) is 2.42. The summed E-state index contributed by atoms with van der Waals surface area (Å²) in [7, 11) is 0. The van der Waals surface area contributed by atoms with E-state index in [0.29, 0.717) is 29.9 Å². The number of nitrogens with one attached hydrogen (secondary N) is 1.